The van der Waals surface area contributed by atoms with E-state index in [9.17, 15) is 9.59 Å². The lowest BCUT2D eigenvalue weighted by molar-refractivity contribution is -0.148. The normalized spacial score (nSPS) is 11.9. The highest BCUT2D eigenvalue weighted by atomic mass is 35.5. The van der Waals surface area contributed by atoms with Crippen molar-refractivity contribution in [1.29, 1.82) is 0 Å². The van der Waals surface area contributed by atoms with Crippen LogP contribution in [0.5, 0.6) is 0 Å². The number of esters is 1. The summed E-state index contributed by atoms with van der Waals surface area (Å²) in [6, 6.07) is 14.8. The molecule has 0 saturated carbocycles. The van der Waals surface area contributed by atoms with Gasteiger partial charge in [-0.05, 0) is 24.1 Å². The second kappa shape index (κ2) is 9.78. The molecule has 1 heterocycles. The molecule has 0 radical (unpaired) electrons. The number of carbonyl (C=O) groups is 2. The first kappa shape index (κ1) is 21.9. The molecule has 0 unspecified atom stereocenters. The molecule has 0 aliphatic carbocycles. The summed E-state index contributed by atoms with van der Waals surface area (Å²) in [4.78, 5) is 25.1. The highest BCUT2D eigenvalue weighted by Crippen LogP contribution is 2.22. The van der Waals surface area contributed by atoms with Gasteiger partial charge in [0.25, 0.3) is 5.91 Å². The third-order valence-corrected chi connectivity index (χ3v) is 4.91. The molecule has 8 heteroatoms. The topological polar surface area (TPSA) is 81.4 Å². The third kappa shape index (κ3) is 5.40. The summed E-state index contributed by atoms with van der Waals surface area (Å²) in [5.41, 5.74) is 1.56. The first-order valence-corrected chi connectivity index (χ1v) is 10.0. The monoisotopic (exact) mass is 446 g/mol. The van der Waals surface area contributed by atoms with E-state index in [-0.39, 0.29) is 23.1 Å². The maximum absolute atomic E-state index is 12.6. The van der Waals surface area contributed by atoms with Crippen molar-refractivity contribution in [2.75, 3.05) is 0 Å². The highest BCUT2D eigenvalue weighted by Gasteiger charge is 2.27. The Balaban J connectivity index is 1.63. The number of nitrogens with one attached hydrogen (secondary N) is 1. The van der Waals surface area contributed by atoms with Crippen LogP contribution >= 0.6 is 23.2 Å². The maximum atomic E-state index is 12.6. The van der Waals surface area contributed by atoms with Crippen molar-refractivity contribution in [2.45, 2.75) is 26.5 Å². The van der Waals surface area contributed by atoms with E-state index in [1.807, 2.05) is 30.3 Å². The Morgan fingerprint density at radius 1 is 1.10 bits per heavy atom. The van der Waals surface area contributed by atoms with Crippen LogP contribution in [0.4, 0.5) is 0 Å². The Morgan fingerprint density at radius 3 is 2.50 bits per heavy atom. The minimum Gasteiger partial charge on any atom is -0.458 e. The van der Waals surface area contributed by atoms with Crippen molar-refractivity contribution >= 4 is 35.1 Å². The summed E-state index contributed by atoms with van der Waals surface area (Å²) in [5.74, 6) is -0.690. The minimum atomic E-state index is -0.857. The van der Waals surface area contributed by atoms with Crippen molar-refractivity contribution in [3.8, 4) is 11.3 Å². The molecule has 1 aromatic heterocycles. The predicted octanol–water partition coefficient (Wildman–Crippen LogP) is 5.15. The number of carbonyl (C=O) groups excluding carboxylic acids is 2. The van der Waals surface area contributed by atoms with E-state index in [1.165, 1.54) is 12.1 Å². The van der Waals surface area contributed by atoms with Gasteiger partial charge < -0.3 is 14.6 Å². The van der Waals surface area contributed by atoms with Gasteiger partial charge in [-0.3, -0.25) is 4.79 Å². The zero-order valence-corrected chi connectivity index (χ0v) is 17.9. The summed E-state index contributed by atoms with van der Waals surface area (Å²) in [7, 11) is 0. The van der Waals surface area contributed by atoms with E-state index in [0.717, 1.165) is 5.56 Å². The summed E-state index contributed by atoms with van der Waals surface area (Å²) in [6.07, 6.45) is 0. The van der Waals surface area contributed by atoms with E-state index in [1.54, 1.807) is 26.0 Å². The number of ether oxygens (including phenoxy) is 1. The molecule has 0 fully saturated rings. The lowest BCUT2D eigenvalue weighted by atomic mass is 10.0. The first-order valence-electron chi connectivity index (χ1n) is 9.28. The number of rotatable bonds is 7. The molecule has 30 heavy (non-hydrogen) atoms. The van der Waals surface area contributed by atoms with Gasteiger partial charge in [-0.25, -0.2) is 4.79 Å². The molecule has 0 aliphatic rings. The van der Waals surface area contributed by atoms with Crippen LogP contribution in [0.3, 0.4) is 0 Å². The molecule has 0 saturated heterocycles. The molecule has 3 aromatic rings. The van der Waals surface area contributed by atoms with Gasteiger partial charge in [0.05, 0.1) is 10.6 Å². The number of hydrogen-bond acceptors (Lipinski definition) is 5. The van der Waals surface area contributed by atoms with Crippen molar-refractivity contribution in [3.63, 3.8) is 0 Å². The fraction of sp³-hybridized carbons (Fsp3) is 0.227. The van der Waals surface area contributed by atoms with Crippen molar-refractivity contribution in [2.24, 2.45) is 5.92 Å². The van der Waals surface area contributed by atoms with Crippen molar-refractivity contribution in [3.05, 3.63) is 75.9 Å². The van der Waals surface area contributed by atoms with E-state index in [2.05, 4.69) is 10.5 Å². The van der Waals surface area contributed by atoms with Gasteiger partial charge in [-0.15, -0.1) is 0 Å². The second-order valence-electron chi connectivity index (χ2n) is 6.98. The molecular formula is C22H20Cl2N2O4. The smallest absolute Gasteiger partial charge is 0.329 e. The van der Waals surface area contributed by atoms with Crippen LogP contribution in [-0.4, -0.2) is 23.1 Å². The Kier molecular flexibility index (Phi) is 7.13. The standard InChI is InChI=1S/C22H20Cl2N2O4/c1-13(2)20(25-21(27)17-9-8-15(23)10-18(17)24)22(28)29-12-16-11-19(30-26-16)14-6-4-3-5-7-14/h3-11,13,20H,12H2,1-2H3,(H,25,27)/t20-/m1/s1. The molecule has 0 spiro atoms. The second-order valence-corrected chi connectivity index (χ2v) is 7.82. The molecule has 1 amide bonds. The Labute approximate surface area is 184 Å². The van der Waals surface area contributed by atoms with Gasteiger partial charge in [0.2, 0.25) is 0 Å². The van der Waals surface area contributed by atoms with Gasteiger partial charge in [-0.1, -0.05) is 72.5 Å². The molecule has 6 nitrogen and oxygen atoms in total. The number of aromatic nitrogens is 1. The fourth-order valence-electron chi connectivity index (χ4n) is 2.74. The predicted molar refractivity (Wildman–Crippen MR) is 114 cm³/mol. The Hall–Kier alpha value is -2.83. The first-order chi connectivity index (χ1) is 14.3. The van der Waals surface area contributed by atoms with Crippen LogP contribution in [0.2, 0.25) is 10.0 Å². The zero-order valence-electron chi connectivity index (χ0n) is 16.4. The van der Waals surface area contributed by atoms with Gasteiger partial charge in [0.15, 0.2) is 5.76 Å². The minimum absolute atomic E-state index is 0.0735. The molecule has 156 valence electrons. The van der Waals surface area contributed by atoms with Gasteiger partial charge in [0.1, 0.15) is 18.3 Å². The van der Waals surface area contributed by atoms with Gasteiger partial charge >= 0.3 is 5.97 Å². The quantitative estimate of drug-likeness (QED) is 0.507. The van der Waals surface area contributed by atoms with Crippen LogP contribution in [0.1, 0.15) is 29.9 Å². The summed E-state index contributed by atoms with van der Waals surface area (Å²) < 4.78 is 10.7. The van der Waals surface area contributed by atoms with Crippen LogP contribution < -0.4 is 5.32 Å². The summed E-state index contributed by atoms with van der Waals surface area (Å²) >= 11 is 11.9. The largest absolute Gasteiger partial charge is 0.458 e. The van der Waals surface area contributed by atoms with E-state index in [0.29, 0.717) is 16.5 Å². The molecule has 2 aromatic carbocycles. The SMILES string of the molecule is CC(C)[C@@H](NC(=O)c1ccc(Cl)cc1Cl)C(=O)OCc1cc(-c2ccccc2)on1. The number of nitrogens with zero attached hydrogens (tertiary/aromatic N) is 1. The molecule has 3 rings (SSSR count). The zero-order chi connectivity index (χ0) is 21.7. The van der Waals surface area contributed by atoms with Crippen LogP contribution in [0, 0.1) is 5.92 Å². The Bertz CT molecular complexity index is 1030. The molecule has 0 bridgehead atoms. The summed E-state index contributed by atoms with van der Waals surface area (Å²) in [6.45, 7) is 3.54. The van der Waals surface area contributed by atoms with Crippen LogP contribution in [0.25, 0.3) is 11.3 Å². The van der Waals surface area contributed by atoms with E-state index >= 15 is 0 Å². The van der Waals surface area contributed by atoms with E-state index < -0.39 is 17.9 Å². The number of halogens is 2. The summed E-state index contributed by atoms with van der Waals surface area (Å²) in [5, 5.41) is 7.22. The lowest BCUT2D eigenvalue weighted by Gasteiger charge is -2.21. The van der Waals surface area contributed by atoms with Crippen LogP contribution in [0.15, 0.2) is 59.1 Å². The van der Waals surface area contributed by atoms with Gasteiger partial charge in [0, 0.05) is 16.7 Å². The average molecular weight is 447 g/mol. The fourth-order valence-corrected chi connectivity index (χ4v) is 3.24. The third-order valence-electron chi connectivity index (χ3n) is 4.36. The lowest BCUT2D eigenvalue weighted by Crippen LogP contribution is -2.45. The van der Waals surface area contributed by atoms with Crippen molar-refractivity contribution < 1.29 is 18.8 Å². The molecular weight excluding hydrogens is 427 g/mol. The van der Waals surface area contributed by atoms with Crippen LogP contribution in [-0.2, 0) is 16.1 Å². The molecule has 1 N–H and O–H groups in total. The molecule has 1 atom stereocenters. The van der Waals surface area contributed by atoms with Gasteiger partial charge in [-0.2, -0.15) is 0 Å². The number of amides is 1. The number of benzene rings is 2. The average Bonchev–Trinajstić information content (AvgIpc) is 3.19. The maximum Gasteiger partial charge on any atom is 0.329 e. The van der Waals surface area contributed by atoms with E-state index in [4.69, 9.17) is 32.5 Å². The van der Waals surface area contributed by atoms with Crippen molar-refractivity contribution in [1.82, 2.24) is 10.5 Å². The number of hydrogen-bond donors (Lipinski definition) is 1. The molecule has 0 aliphatic heterocycles. The highest BCUT2D eigenvalue weighted by molar-refractivity contribution is 6.36. The Morgan fingerprint density at radius 2 is 1.83 bits per heavy atom.